The SMILES string of the molecule is C1CO[C@@H](CN[C@@H]2CCSC2)C1. The molecule has 0 aliphatic carbocycles. The molecule has 0 bridgehead atoms. The van der Waals surface area contributed by atoms with Gasteiger partial charge in [-0.3, -0.25) is 0 Å². The molecule has 0 aromatic heterocycles. The van der Waals surface area contributed by atoms with Gasteiger partial charge in [0.05, 0.1) is 6.10 Å². The minimum Gasteiger partial charge on any atom is -0.377 e. The predicted molar refractivity (Wildman–Crippen MR) is 52.7 cm³/mol. The molecular weight excluding hydrogens is 170 g/mol. The van der Waals surface area contributed by atoms with E-state index in [1.807, 2.05) is 0 Å². The summed E-state index contributed by atoms with van der Waals surface area (Å²) in [6.07, 6.45) is 4.37. The van der Waals surface area contributed by atoms with Crippen molar-refractivity contribution in [2.24, 2.45) is 0 Å². The number of hydrogen-bond donors (Lipinski definition) is 1. The second-order valence-electron chi connectivity index (χ2n) is 3.60. The Morgan fingerprint density at radius 1 is 1.42 bits per heavy atom. The molecule has 0 unspecified atom stereocenters. The number of hydrogen-bond acceptors (Lipinski definition) is 3. The average Bonchev–Trinajstić information content (AvgIpc) is 2.74. The highest BCUT2D eigenvalue weighted by Gasteiger charge is 2.19. The van der Waals surface area contributed by atoms with Crippen LogP contribution >= 0.6 is 11.8 Å². The van der Waals surface area contributed by atoms with Gasteiger partial charge in [0.25, 0.3) is 0 Å². The third-order valence-corrected chi connectivity index (χ3v) is 3.75. The summed E-state index contributed by atoms with van der Waals surface area (Å²) in [7, 11) is 0. The van der Waals surface area contributed by atoms with Gasteiger partial charge in [-0.2, -0.15) is 11.8 Å². The summed E-state index contributed by atoms with van der Waals surface area (Å²) in [6.45, 7) is 2.05. The van der Waals surface area contributed by atoms with Gasteiger partial charge >= 0.3 is 0 Å². The summed E-state index contributed by atoms with van der Waals surface area (Å²) in [5.41, 5.74) is 0. The van der Waals surface area contributed by atoms with Gasteiger partial charge in [-0.15, -0.1) is 0 Å². The Balaban J connectivity index is 1.60. The molecule has 2 fully saturated rings. The summed E-state index contributed by atoms with van der Waals surface area (Å²) in [5.74, 6) is 2.63. The first-order chi connectivity index (χ1) is 5.95. The van der Waals surface area contributed by atoms with E-state index >= 15 is 0 Å². The molecule has 0 amide bonds. The van der Waals surface area contributed by atoms with Crippen LogP contribution < -0.4 is 5.32 Å². The quantitative estimate of drug-likeness (QED) is 0.719. The molecule has 0 saturated carbocycles. The van der Waals surface area contributed by atoms with E-state index in [-0.39, 0.29) is 0 Å². The van der Waals surface area contributed by atoms with Crippen molar-refractivity contribution in [3.8, 4) is 0 Å². The van der Waals surface area contributed by atoms with E-state index in [1.54, 1.807) is 0 Å². The molecule has 2 heterocycles. The highest BCUT2D eigenvalue weighted by molar-refractivity contribution is 7.99. The molecule has 0 aromatic rings. The van der Waals surface area contributed by atoms with Gasteiger partial charge in [0.15, 0.2) is 0 Å². The molecule has 2 rings (SSSR count). The Bertz CT molecular complexity index is 114. The Morgan fingerprint density at radius 2 is 2.42 bits per heavy atom. The van der Waals surface area contributed by atoms with Gasteiger partial charge < -0.3 is 10.1 Å². The second-order valence-corrected chi connectivity index (χ2v) is 4.75. The van der Waals surface area contributed by atoms with Crippen LogP contribution in [0.2, 0.25) is 0 Å². The van der Waals surface area contributed by atoms with Crippen LogP contribution in [0.15, 0.2) is 0 Å². The number of thioether (sulfide) groups is 1. The van der Waals surface area contributed by atoms with Crippen LogP contribution in [0.5, 0.6) is 0 Å². The summed E-state index contributed by atoms with van der Waals surface area (Å²) in [6, 6.07) is 0.763. The maximum atomic E-state index is 5.54. The molecule has 1 N–H and O–H groups in total. The molecule has 0 aromatic carbocycles. The molecular formula is C9H17NOS. The Hall–Kier alpha value is 0.270. The lowest BCUT2D eigenvalue weighted by molar-refractivity contribution is 0.108. The molecule has 70 valence electrons. The van der Waals surface area contributed by atoms with Crippen molar-refractivity contribution in [2.45, 2.75) is 31.4 Å². The van der Waals surface area contributed by atoms with Crippen molar-refractivity contribution in [3.63, 3.8) is 0 Å². The van der Waals surface area contributed by atoms with E-state index in [4.69, 9.17) is 4.74 Å². The van der Waals surface area contributed by atoms with Gasteiger partial charge in [0.1, 0.15) is 0 Å². The summed E-state index contributed by atoms with van der Waals surface area (Å²) >= 11 is 2.06. The maximum absolute atomic E-state index is 5.54. The third-order valence-electron chi connectivity index (χ3n) is 2.59. The third kappa shape index (κ3) is 2.38. The highest BCUT2D eigenvalue weighted by atomic mass is 32.2. The van der Waals surface area contributed by atoms with E-state index in [1.165, 1.54) is 30.8 Å². The van der Waals surface area contributed by atoms with E-state index in [2.05, 4.69) is 17.1 Å². The standard InChI is InChI=1S/C9H17NOS/c1-2-9(11-4-1)6-10-8-3-5-12-7-8/h8-10H,1-7H2/t8-,9-/m1/s1. The minimum atomic E-state index is 0.510. The van der Waals surface area contributed by atoms with E-state index < -0.39 is 0 Å². The topological polar surface area (TPSA) is 21.3 Å². The Kier molecular flexibility index (Phi) is 3.31. The average molecular weight is 187 g/mol. The number of rotatable bonds is 3. The van der Waals surface area contributed by atoms with Gasteiger partial charge in [-0.25, -0.2) is 0 Å². The van der Waals surface area contributed by atoms with Crippen LogP contribution in [0.3, 0.4) is 0 Å². The van der Waals surface area contributed by atoms with Crippen LogP contribution in [0.25, 0.3) is 0 Å². The van der Waals surface area contributed by atoms with Crippen LogP contribution in [0, 0.1) is 0 Å². The van der Waals surface area contributed by atoms with Gasteiger partial charge in [0.2, 0.25) is 0 Å². The minimum absolute atomic E-state index is 0.510. The van der Waals surface area contributed by atoms with Crippen molar-refractivity contribution in [1.29, 1.82) is 0 Å². The zero-order valence-electron chi connectivity index (χ0n) is 7.42. The van der Waals surface area contributed by atoms with Crippen LogP contribution in [-0.4, -0.2) is 36.8 Å². The zero-order valence-corrected chi connectivity index (χ0v) is 8.24. The molecule has 3 heteroatoms. The largest absolute Gasteiger partial charge is 0.377 e. The van der Waals surface area contributed by atoms with Crippen molar-refractivity contribution in [3.05, 3.63) is 0 Å². The Morgan fingerprint density at radius 3 is 3.08 bits per heavy atom. The normalized spacial score (nSPS) is 36.0. The smallest absolute Gasteiger partial charge is 0.0700 e. The van der Waals surface area contributed by atoms with Crippen LogP contribution in [-0.2, 0) is 4.74 Å². The van der Waals surface area contributed by atoms with E-state index in [0.717, 1.165) is 19.2 Å². The van der Waals surface area contributed by atoms with Crippen molar-refractivity contribution in [2.75, 3.05) is 24.7 Å². The van der Waals surface area contributed by atoms with Gasteiger partial charge in [-0.1, -0.05) is 0 Å². The maximum Gasteiger partial charge on any atom is 0.0700 e. The van der Waals surface area contributed by atoms with Crippen molar-refractivity contribution in [1.82, 2.24) is 5.32 Å². The van der Waals surface area contributed by atoms with Crippen molar-refractivity contribution < 1.29 is 4.74 Å². The summed E-state index contributed by atoms with van der Waals surface area (Å²) < 4.78 is 5.54. The molecule has 2 aliphatic rings. The zero-order chi connectivity index (χ0) is 8.23. The first-order valence-corrected chi connectivity index (χ1v) is 6.03. The molecule has 12 heavy (non-hydrogen) atoms. The Labute approximate surface area is 78.4 Å². The second kappa shape index (κ2) is 4.49. The first kappa shape index (κ1) is 8.85. The first-order valence-electron chi connectivity index (χ1n) is 4.88. The molecule has 2 saturated heterocycles. The fourth-order valence-corrected chi connectivity index (χ4v) is 2.99. The van der Waals surface area contributed by atoms with Gasteiger partial charge in [-0.05, 0) is 25.0 Å². The highest BCUT2D eigenvalue weighted by Crippen LogP contribution is 2.18. The molecule has 0 radical (unpaired) electrons. The lowest BCUT2D eigenvalue weighted by Gasteiger charge is -2.14. The molecule has 2 atom stereocenters. The van der Waals surface area contributed by atoms with Gasteiger partial charge in [0, 0.05) is 24.9 Å². The van der Waals surface area contributed by atoms with E-state index in [0.29, 0.717) is 6.10 Å². The summed E-state index contributed by atoms with van der Waals surface area (Å²) in [5, 5.41) is 3.58. The number of ether oxygens (including phenoxy) is 1. The van der Waals surface area contributed by atoms with Crippen LogP contribution in [0.4, 0.5) is 0 Å². The van der Waals surface area contributed by atoms with Crippen LogP contribution in [0.1, 0.15) is 19.3 Å². The molecule has 0 spiro atoms. The predicted octanol–water partition coefficient (Wildman–Crippen LogP) is 1.26. The molecule has 2 aliphatic heterocycles. The van der Waals surface area contributed by atoms with Crippen molar-refractivity contribution >= 4 is 11.8 Å². The van der Waals surface area contributed by atoms with E-state index in [9.17, 15) is 0 Å². The lowest BCUT2D eigenvalue weighted by atomic mass is 10.2. The fourth-order valence-electron chi connectivity index (χ4n) is 1.80. The molecule has 2 nitrogen and oxygen atoms in total. The fraction of sp³-hybridized carbons (Fsp3) is 1.00. The monoisotopic (exact) mass is 187 g/mol. The summed E-state index contributed by atoms with van der Waals surface area (Å²) in [4.78, 5) is 0. The lowest BCUT2D eigenvalue weighted by Crippen LogP contribution is -2.35. The number of nitrogens with one attached hydrogen (secondary N) is 1.